The predicted octanol–water partition coefficient (Wildman–Crippen LogP) is 5.77. The highest BCUT2D eigenvalue weighted by Crippen LogP contribution is 2.26. The zero-order chi connectivity index (χ0) is 29.6. The van der Waals surface area contributed by atoms with Crippen LogP contribution in [0.1, 0.15) is 42.4 Å². The van der Waals surface area contributed by atoms with Crippen molar-refractivity contribution in [2.75, 3.05) is 17.1 Å². The van der Waals surface area contributed by atoms with Gasteiger partial charge >= 0.3 is 0 Å². The second-order valence-corrected chi connectivity index (χ2v) is 13.3. The highest BCUT2D eigenvalue weighted by atomic mass is 35.5. The molecule has 3 aromatic rings. The van der Waals surface area contributed by atoms with Gasteiger partial charge in [0.1, 0.15) is 12.6 Å². The number of nitrogens with zero attached hydrogens (tertiary/aromatic N) is 2. The molecule has 1 aliphatic rings. The molecule has 1 N–H and O–H groups in total. The second kappa shape index (κ2) is 13.7. The molecule has 3 aromatic carbocycles. The molecule has 2 amide bonds. The SMILES string of the molecule is Cc1cccc(N(CC(=O)N(Cc2ccc(Cl)c(Cl)c2)[C@H](Cc2ccccc2)C(=O)NC2CCCC2)S(C)(=O)=O)c1. The van der Waals surface area contributed by atoms with Crippen LogP contribution >= 0.6 is 23.2 Å². The van der Waals surface area contributed by atoms with Crippen molar-refractivity contribution in [2.24, 2.45) is 0 Å². The zero-order valence-corrected chi connectivity index (χ0v) is 25.6. The van der Waals surface area contributed by atoms with E-state index in [2.05, 4.69) is 5.32 Å². The van der Waals surface area contributed by atoms with Crippen LogP contribution in [0.3, 0.4) is 0 Å². The molecule has 0 saturated heterocycles. The summed E-state index contributed by atoms with van der Waals surface area (Å²) >= 11 is 12.4. The summed E-state index contributed by atoms with van der Waals surface area (Å²) in [7, 11) is -3.83. The van der Waals surface area contributed by atoms with E-state index in [1.807, 2.05) is 43.3 Å². The number of carbonyl (C=O) groups is 2. The quantitative estimate of drug-likeness (QED) is 0.297. The van der Waals surface area contributed by atoms with Crippen molar-refractivity contribution < 1.29 is 18.0 Å². The molecule has 0 aromatic heterocycles. The van der Waals surface area contributed by atoms with E-state index in [0.717, 1.165) is 47.4 Å². The molecule has 0 aliphatic heterocycles. The Morgan fingerprint density at radius 3 is 2.27 bits per heavy atom. The maximum Gasteiger partial charge on any atom is 0.244 e. The number of aryl methyl sites for hydroxylation is 1. The van der Waals surface area contributed by atoms with Crippen LogP contribution in [-0.2, 0) is 32.6 Å². The van der Waals surface area contributed by atoms with Crippen LogP contribution in [0.4, 0.5) is 5.69 Å². The molecular formula is C31H35Cl2N3O4S. The van der Waals surface area contributed by atoms with Gasteiger partial charge in [-0.05, 0) is 60.7 Å². The number of nitrogens with one attached hydrogen (secondary N) is 1. The fraction of sp³-hybridized carbons (Fsp3) is 0.355. The second-order valence-electron chi connectivity index (χ2n) is 10.6. The molecule has 1 fully saturated rings. The topological polar surface area (TPSA) is 86.8 Å². The average Bonchev–Trinajstić information content (AvgIpc) is 3.44. The van der Waals surface area contributed by atoms with Crippen LogP contribution in [0, 0.1) is 6.92 Å². The summed E-state index contributed by atoms with van der Waals surface area (Å²) in [6.07, 6.45) is 5.19. The summed E-state index contributed by atoms with van der Waals surface area (Å²) in [4.78, 5) is 29.5. The normalized spacial score (nSPS) is 14.4. The van der Waals surface area contributed by atoms with Crippen molar-refractivity contribution in [1.82, 2.24) is 10.2 Å². The molecule has 7 nitrogen and oxygen atoms in total. The van der Waals surface area contributed by atoms with Crippen molar-refractivity contribution in [1.29, 1.82) is 0 Å². The lowest BCUT2D eigenvalue weighted by Gasteiger charge is -2.34. The van der Waals surface area contributed by atoms with E-state index < -0.39 is 28.5 Å². The molecule has 0 radical (unpaired) electrons. The number of rotatable bonds is 11. The van der Waals surface area contributed by atoms with Crippen molar-refractivity contribution in [3.63, 3.8) is 0 Å². The summed E-state index contributed by atoms with van der Waals surface area (Å²) in [5.74, 6) is -0.777. The molecule has 1 aliphatic carbocycles. The Morgan fingerprint density at radius 1 is 0.927 bits per heavy atom. The summed E-state index contributed by atoms with van der Waals surface area (Å²) in [5, 5.41) is 3.85. The minimum atomic E-state index is -3.83. The molecule has 0 spiro atoms. The molecule has 1 saturated carbocycles. The van der Waals surface area contributed by atoms with Crippen LogP contribution in [0.2, 0.25) is 10.0 Å². The Hall–Kier alpha value is -3.07. The fourth-order valence-corrected chi connectivity index (χ4v) is 6.32. The summed E-state index contributed by atoms with van der Waals surface area (Å²) in [6.45, 7) is 1.42. The molecule has 0 bridgehead atoms. The van der Waals surface area contributed by atoms with Gasteiger partial charge in [-0.3, -0.25) is 13.9 Å². The number of halogens is 2. The Kier molecular flexibility index (Phi) is 10.3. The monoisotopic (exact) mass is 615 g/mol. The average molecular weight is 617 g/mol. The van der Waals surface area contributed by atoms with E-state index in [1.54, 1.807) is 36.4 Å². The van der Waals surface area contributed by atoms with Crippen LogP contribution in [0.15, 0.2) is 72.8 Å². The Bertz CT molecular complexity index is 1480. The molecule has 10 heteroatoms. The lowest BCUT2D eigenvalue weighted by Crippen LogP contribution is -2.54. The number of carbonyl (C=O) groups excluding carboxylic acids is 2. The number of sulfonamides is 1. The van der Waals surface area contributed by atoms with Crippen molar-refractivity contribution in [3.05, 3.63) is 99.5 Å². The first-order valence-corrected chi connectivity index (χ1v) is 16.2. The maximum absolute atomic E-state index is 14.2. The van der Waals surface area contributed by atoms with E-state index in [1.165, 1.54) is 4.90 Å². The Labute approximate surface area is 252 Å². The van der Waals surface area contributed by atoms with E-state index in [0.29, 0.717) is 21.3 Å². The van der Waals surface area contributed by atoms with E-state index >= 15 is 0 Å². The molecule has 218 valence electrons. The molecule has 0 heterocycles. The van der Waals surface area contributed by atoms with Gasteiger partial charge in [0.05, 0.1) is 22.0 Å². The molecule has 0 unspecified atom stereocenters. The minimum absolute atomic E-state index is 0.0384. The number of benzene rings is 3. The third-order valence-corrected chi connectivity index (χ3v) is 9.16. The number of hydrogen-bond donors (Lipinski definition) is 1. The van der Waals surface area contributed by atoms with Gasteiger partial charge in [-0.1, -0.05) is 84.6 Å². The van der Waals surface area contributed by atoms with Gasteiger partial charge in [0.15, 0.2) is 0 Å². The van der Waals surface area contributed by atoms with Gasteiger partial charge in [-0.2, -0.15) is 0 Å². The van der Waals surface area contributed by atoms with Crippen molar-refractivity contribution in [3.8, 4) is 0 Å². The standard InChI is InChI=1S/C31H35Cl2N3O4S/c1-22-9-8-14-26(17-22)36(41(2,39)40)21-30(37)35(20-24-15-16-27(32)28(33)18-24)29(19-23-10-4-3-5-11-23)31(38)34-25-12-6-7-13-25/h3-5,8-11,14-18,25,29H,6-7,12-13,19-21H2,1-2H3,(H,34,38)/t29-/m1/s1. The van der Waals surface area contributed by atoms with E-state index in [4.69, 9.17) is 23.2 Å². The van der Waals surface area contributed by atoms with Gasteiger partial charge in [0, 0.05) is 19.0 Å². The highest BCUT2D eigenvalue weighted by Gasteiger charge is 2.34. The van der Waals surface area contributed by atoms with Gasteiger partial charge in [0.25, 0.3) is 0 Å². The summed E-state index contributed by atoms with van der Waals surface area (Å²) in [6, 6.07) is 20.6. The third-order valence-electron chi connectivity index (χ3n) is 7.28. The lowest BCUT2D eigenvalue weighted by molar-refractivity contribution is -0.140. The molecule has 4 rings (SSSR count). The van der Waals surface area contributed by atoms with Gasteiger partial charge in [-0.25, -0.2) is 8.42 Å². The van der Waals surface area contributed by atoms with Crippen LogP contribution < -0.4 is 9.62 Å². The largest absolute Gasteiger partial charge is 0.352 e. The Balaban J connectivity index is 1.74. The number of anilines is 1. The van der Waals surface area contributed by atoms with Crippen LogP contribution in [0.25, 0.3) is 0 Å². The minimum Gasteiger partial charge on any atom is -0.352 e. The fourth-order valence-electron chi connectivity index (χ4n) is 5.15. The number of hydrogen-bond acceptors (Lipinski definition) is 4. The van der Waals surface area contributed by atoms with Crippen molar-refractivity contribution in [2.45, 2.75) is 57.7 Å². The summed E-state index contributed by atoms with van der Waals surface area (Å²) in [5.41, 5.74) is 2.78. The third kappa shape index (κ3) is 8.47. The van der Waals surface area contributed by atoms with E-state index in [-0.39, 0.29) is 24.9 Å². The van der Waals surface area contributed by atoms with Gasteiger partial charge < -0.3 is 10.2 Å². The maximum atomic E-state index is 14.2. The lowest BCUT2D eigenvalue weighted by atomic mass is 10.0. The summed E-state index contributed by atoms with van der Waals surface area (Å²) < 4.78 is 26.9. The van der Waals surface area contributed by atoms with Crippen LogP contribution in [-0.4, -0.2) is 50.0 Å². The Morgan fingerprint density at radius 2 is 1.63 bits per heavy atom. The first kappa shape index (κ1) is 30.9. The zero-order valence-electron chi connectivity index (χ0n) is 23.2. The molecule has 41 heavy (non-hydrogen) atoms. The molecule has 1 atom stereocenters. The van der Waals surface area contributed by atoms with Crippen LogP contribution in [0.5, 0.6) is 0 Å². The first-order valence-electron chi connectivity index (χ1n) is 13.6. The van der Waals surface area contributed by atoms with Crippen molar-refractivity contribution >= 4 is 50.7 Å². The number of amides is 2. The van der Waals surface area contributed by atoms with Gasteiger partial charge in [-0.15, -0.1) is 0 Å². The molecular weight excluding hydrogens is 581 g/mol. The van der Waals surface area contributed by atoms with E-state index in [9.17, 15) is 18.0 Å². The van der Waals surface area contributed by atoms with Gasteiger partial charge in [0.2, 0.25) is 21.8 Å². The first-order chi connectivity index (χ1) is 19.5. The smallest absolute Gasteiger partial charge is 0.244 e. The highest BCUT2D eigenvalue weighted by molar-refractivity contribution is 7.92. The predicted molar refractivity (Wildman–Crippen MR) is 165 cm³/mol.